The summed E-state index contributed by atoms with van der Waals surface area (Å²) in [5.74, 6) is 0.107. The third-order valence-corrected chi connectivity index (χ3v) is 6.49. The van der Waals surface area contributed by atoms with Crippen LogP contribution in [0, 0.1) is 0 Å². The molecule has 1 aliphatic heterocycles. The number of rotatable bonds is 6. The fourth-order valence-corrected chi connectivity index (χ4v) is 4.81. The molecule has 6 heteroatoms. The van der Waals surface area contributed by atoms with Crippen LogP contribution in [0.25, 0.3) is 10.8 Å². The van der Waals surface area contributed by atoms with Gasteiger partial charge in [-0.3, -0.25) is 9.69 Å². The molecule has 1 aliphatic rings. The standard InChI is InChI=1S/C24H22ClN3OS/c1-2-6-22-23(29)28(16-19-9-5-8-18-7-3-4-10-21(18)19)24(30-22)27-26-15-17-11-13-20(25)14-12-17/h3-5,7-15,22H,2,6,16H2,1H3/b26-15-,27-24+/t22-/m0/s1. The Morgan fingerprint density at radius 1 is 1.07 bits per heavy atom. The summed E-state index contributed by atoms with van der Waals surface area (Å²) in [6.07, 6.45) is 3.46. The molecule has 0 N–H and O–H groups in total. The van der Waals surface area contributed by atoms with Crippen molar-refractivity contribution in [3.05, 3.63) is 82.9 Å². The van der Waals surface area contributed by atoms with Gasteiger partial charge in [0.2, 0.25) is 5.91 Å². The van der Waals surface area contributed by atoms with Crippen LogP contribution in [0.15, 0.2) is 76.9 Å². The molecule has 0 bridgehead atoms. The van der Waals surface area contributed by atoms with Gasteiger partial charge in [-0.1, -0.05) is 91.3 Å². The van der Waals surface area contributed by atoms with Gasteiger partial charge in [-0.15, -0.1) is 5.10 Å². The molecule has 0 unspecified atom stereocenters. The van der Waals surface area contributed by atoms with Crippen LogP contribution in [-0.2, 0) is 11.3 Å². The number of amidine groups is 1. The van der Waals surface area contributed by atoms with E-state index in [0.717, 1.165) is 29.4 Å². The molecule has 30 heavy (non-hydrogen) atoms. The van der Waals surface area contributed by atoms with Gasteiger partial charge in [-0.25, -0.2) is 0 Å². The Kier molecular flexibility index (Phi) is 6.50. The first kappa shape index (κ1) is 20.6. The smallest absolute Gasteiger partial charge is 0.242 e. The van der Waals surface area contributed by atoms with Crippen molar-refractivity contribution in [3.63, 3.8) is 0 Å². The maximum absolute atomic E-state index is 13.1. The highest BCUT2D eigenvalue weighted by molar-refractivity contribution is 8.15. The first-order valence-electron chi connectivity index (χ1n) is 9.97. The Bertz CT molecular complexity index is 1110. The fraction of sp³-hybridized carbons (Fsp3) is 0.208. The van der Waals surface area contributed by atoms with Crippen molar-refractivity contribution < 1.29 is 4.79 Å². The number of benzene rings is 3. The minimum Gasteiger partial charge on any atom is -0.284 e. The van der Waals surface area contributed by atoms with Crippen LogP contribution in [0.3, 0.4) is 0 Å². The Hall–Kier alpha value is -2.63. The second-order valence-corrected chi connectivity index (χ2v) is 8.74. The van der Waals surface area contributed by atoms with Gasteiger partial charge in [0.05, 0.1) is 18.0 Å². The molecule has 1 atom stereocenters. The topological polar surface area (TPSA) is 45.0 Å². The van der Waals surface area contributed by atoms with Gasteiger partial charge in [0.15, 0.2) is 5.17 Å². The van der Waals surface area contributed by atoms with Crippen LogP contribution in [0.1, 0.15) is 30.9 Å². The predicted octanol–water partition coefficient (Wildman–Crippen LogP) is 6.13. The highest BCUT2D eigenvalue weighted by atomic mass is 35.5. The molecule has 1 saturated heterocycles. The Morgan fingerprint density at radius 3 is 2.63 bits per heavy atom. The normalized spacial score (nSPS) is 18.2. The van der Waals surface area contributed by atoms with E-state index in [9.17, 15) is 4.79 Å². The maximum Gasteiger partial charge on any atom is 0.242 e. The monoisotopic (exact) mass is 435 g/mol. The molecule has 1 fully saturated rings. The molecule has 0 spiro atoms. The lowest BCUT2D eigenvalue weighted by Gasteiger charge is -2.17. The minimum absolute atomic E-state index is 0.102. The summed E-state index contributed by atoms with van der Waals surface area (Å²) in [6, 6.07) is 21.8. The highest BCUT2D eigenvalue weighted by Gasteiger charge is 2.37. The van der Waals surface area contributed by atoms with E-state index in [-0.39, 0.29) is 11.2 Å². The van der Waals surface area contributed by atoms with Gasteiger partial charge >= 0.3 is 0 Å². The van der Waals surface area contributed by atoms with Crippen molar-refractivity contribution in [1.29, 1.82) is 0 Å². The van der Waals surface area contributed by atoms with E-state index in [0.29, 0.717) is 16.7 Å². The third kappa shape index (κ3) is 4.58. The molecule has 1 amide bonds. The lowest BCUT2D eigenvalue weighted by molar-refractivity contribution is -0.126. The minimum atomic E-state index is -0.102. The molecule has 4 rings (SSSR count). The molecule has 152 valence electrons. The van der Waals surface area contributed by atoms with Gasteiger partial charge in [-0.05, 0) is 40.5 Å². The lowest BCUT2D eigenvalue weighted by atomic mass is 10.0. The van der Waals surface area contributed by atoms with Crippen molar-refractivity contribution >= 4 is 51.4 Å². The number of halogens is 1. The lowest BCUT2D eigenvalue weighted by Crippen LogP contribution is -2.31. The zero-order valence-electron chi connectivity index (χ0n) is 16.7. The van der Waals surface area contributed by atoms with Crippen LogP contribution in [-0.4, -0.2) is 27.4 Å². The van der Waals surface area contributed by atoms with Crippen LogP contribution in [0.2, 0.25) is 5.02 Å². The van der Waals surface area contributed by atoms with Gasteiger partial charge in [0.1, 0.15) is 0 Å². The summed E-state index contributed by atoms with van der Waals surface area (Å²) in [5.41, 5.74) is 2.01. The Labute approximate surface area is 185 Å². The van der Waals surface area contributed by atoms with Crippen LogP contribution >= 0.6 is 23.4 Å². The molecule has 3 aromatic rings. The molecule has 0 saturated carbocycles. The number of hydrogen-bond acceptors (Lipinski definition) is 4. The van der Waals surface area contributed by atoms with Gasteiger partial charge < -0.3 is 0 Å². The number of thioether (sulfide) groups is 1. The molecular formula is C24H22ClN3OS. The zero-order valence-corrected chi connectivity index (χ0v) is 18.2. The summed E-state index contributed by atoms with van der Waals surface area (Å²) >= 11 is 7.43. The SMILES string of the molecule is CCC[C@@H]1S/C(=N/N=C\c2ccc(Cl)cc2)N(Cc2cccc3ccccc23)C1=O. The third-order valence-electron chi connectivity index (χ3n) is 5.00. The van der Waals surface area contributed by atoms with E-state index in [1.807, 2.05) is 42.5 Å². The van der Waals surface area contributed by atoms with E-state index in [1.165, 1.54) is 17.1 Å². The Morgan fingerprint density at radius 2 is 1.83 bits per heavy atom. The van der Waals surface area contributed by atoms with Crippen LogP contribution in [0.4, 0.5) is 0 Å². The van der Waals surface area contributed by atoms with Gasteiger partial charge in [0, 0.05) is 5.02 Å². The Balaban J connectivity index is 1.62. The highest BCUT2D eigenvalue weighted by Crippen LogP contribution is 2.32. The average Bonchev–Trinajstić information content (AvgIpc) is 3.05. The quantitative estimate of drug-likeness (QED) is 0.345. The molecule has 1 heterocycles. The number of carbonyl (C=O) groups is 1. The van der Waals surface area contributed by atoms with E-state index < -0.39 is 0 Å². The van der Waals surface area contributed by atoms with Gasteiger partial charge in [0.25, 0.3) is 0 Å². The largest absolute Gasteiger partial charge is 0.284 e. The van der Waals surface area contributed by atoms with Crippen molar-refractivity contribution in [3.8, 4) is 0 Å². The van der Waals surface area contributed by atoms with Gasteiger partial charge in [-0.2, -0.15) is 5.10 Å². The summed E-state index contributed by atoms with van der Waals surface area (Å²) in [7, 11) is 0. The summed E-state index contributed by atoms with van der Waals surface area (Å²) in [4.78, 5) is 14.8. The molecule has 4 nitrogen and oxygen atoms in total. The molecule has 0 radical (unpaired) electrons. The zero-order chi connectivity index (χ0) is 20.9. The molecule has 0 aromatic heterocycles. The number of fused-ring (bicyclic) bond motifs is 1. The van der Waals surface area contributed by atoms with Crippen molar-refractivity contribution in [2.24, 2.45) is 10.2 Å². The predicted molar refractivity (Wildman–Crippen MR) is 127 cm³/mol. The van der Waals surface area contributed by atoms with E-state index in [4.69, 9.17) is 11.6 Å². The first-order chi connectivity index (χ1) is 14.7. The number of carbonyl (C=O) groups excluding carboxylic acids is 1. The maximum atomic E-state index is 13.1. The summed E-state index contributed by atoms with van der Waals surface area (Å²) in [5, 5.41) is 12.2. The summed E-state index contributed by atoms with van der Waals surface area (Å²) in [6.45, 7) is 2.58. The van der Waals surface area contributed by atoms with E-state index >= 15 is 0 Å². The van der Waals surface area contributed by atoms with E-state index in [1.54, 1.807) is 11.1 Å². The van der Waals surface area contributed by atoms with Crippen LogP contribution in [0.5, 0.6) is 0 Å². The summed E-state index contributed by atoms with van der Waals surface area (Å²) < 4.78 is 0. The molecule has 3 aromatic carbocycles. The average molecular weight is 436 g/mol. The number of hydrogen-bond donors (Lipinski definition) is 0. The second kappa shape index (κ2) is 9.45. The molecule has 0 aliphatic carbocycles. The fourth-order valence-electron chi connectivity index (χ4n) is 3.47. The van der Waals surface area contributed by atoms with E-state index in [2.05, 4.69) is 41.4 Å². The van der Waals surface area contributed by atoms with Crippen molar-refractivity contribution in [2.45, 2.75) is 31.6 Å². The molecular weight excluding hydrogens is 414 g/mol. The number of nitrogens with zero attached hydrogens (tertiary/aromatic N) is 3. The first-order valence-corrected chi connectivity index (χ1v) is 11.2. The van der Waals surface area contributed by atoms with Crippen molar-refractivity contribution in [1.82, 2.24) is 4.90 Å². The number of amides is 1. The van der Waals surface area contributed by atoms with Crippen LogP contribution < -0.4 is 0 Å². The van der Waals surface area contributed by atoms with Crippen molar-refractivity contribution in [2.75, 3.05) is 0 Å². The second-order valence-electron chi connectivity index (χ2n) is 7.14.